The van der Waals surface area contributed by atoms with E-state index in [1.807, 2.05) is 12.4 Å². The van der Waals surface area contributed by atoms with Crippen molar-refractivity contribution in [2.45, 2.75) is 45.2 Å². The Morgan fingerprint density at radius 2 is 2.00 bits per heavy atom. The first-order chi connectivity index (χ1) is 9.33. The van der Waals surface area contributed by atoms with Gasteiger partial charge >= 0.3 is 0 Å². The number of imidazole rings is 1. The van der Waals surface area contributed by atoms with Crippen molar-refractivity contribution < 1.29 is 0 Å². The fourth-order valence-corrected chi connectivity index (χ4v) is 3.64. The van der Waals surface area contributed by atoms with E-state index in [2.05, 4.69) is 26.7 Å². The van der Waals surface area contributed by atoms with Crippen LogP contribution in [0.4, 0.5) is 0 Å². The van der Waals surface area contributed by atoms with Gasteiger partial charge in [-0.1, -0.05) is 0 Å². The summed E-state index contributed by atoms with van der Waals surface area (Å²) in [5.41, 5.74) is 0. The average molecular weight is 262 g/mol. The molecular formula is C15H26N4. The van der Waals surface area contributed by atoms with E-state index in [-0.39, 0.29) is 0 Å². The number of hydrogen-bond acceptors (Lipinski definition) is 3. The first-order valence-electron chi connectivity index (χ1n) is 7.77. The Labute approximate surface area is 116 Å². The van der Waals surface area contributed by atoms with Crippen LogP contribution in [0.25, 0.3) is 0 Å². The first kappa shape index (κ1) is 13.1. The van der Waals surface area contributed by atoms with E-state index in [4.69, 9.17) is 0 Å². The van der Waals surface area contributed by atoms with Gasteiger partial charge in [0, 0.05) is 18.4 Å². The summed E-state index contributed by atoms with van der Waals surface area (Å²) in [5, 5.41) is 0. The predicted molar refractivity (Wildman–Crippen MR) is 76.9 cm³/mol. The lowest BCUT2D eigenvalue weighted by molar-refractivity contribution is 0.106. The zero-order valence-corrected chi connectivity index (χ0v) is 12.0. The Balaban J connectivity index is 1.46. The summed E-state index contributed by atoms with van der Waals surface area (Å²) < 4.78 is 0. The van der Waals surface area contributed by atoms with E-state index in [9.17, 15) is 0 Å². The van der Waals surface area contributed by atoms with Crippen LogP contribution in [0.5, 0.6) is 0 Å². The van der Waals surface area contributed by atoms with Crippen LogP contribution in [0.1, 0.15) is 38.4 Å². The third kappa shape index (κ3) is 3.18. The molecule has 0 spiro atoms. The monoisotopic (exact) mass is 262 g/mol. The standard InChI is InChI=1S/C15H26N4/c1-13(19-8-2-3-9-19)14-4-10-18(11-5-14)12-15-16-6-7-17-15/h6-7,13-14H,2-5,8-12H2,1H3,(H,16,17)/t13-/m0/s1. The maximum Gasteiger partial charge on any atom is 0.120 e. The fourth-order valence-electron chi connectivity index (χ4n) is 3.64. The molecule has 19 heavy (non-hydrogen) atoms. The zero-order chi connectivity index (χ0) is 13.1. The zero-order valence-electron chi connectivity index (χ0n) is 12.0. The molecule has 0 amide bonds. The summed E-state index contributed by atoms with van der Waals surface area (Å²) in [6, 6.07) is 0.785. The van der Waals surface area contributed by atoms with Crippen LogP contribution in [-0.4, -0.2) is 52.0 Å². The van der Waals surface area contributed by atoms with Crippen molar-refractivity contribution in [2.75, 3.05) is 26.2 Å². The van der Waals surface area contributed by atoms with E-state index in [1.165, 1.54) is 51.9 Å². The van der Waals surface area contributed by atoms with Gasteiger partial charge in [-0.2, -0.15) is 0 Å². The van der Waals surface area contributed by atoms with Crippen LogP contribution in [0.15, 0.2) is 12.4 Å². The van der Waals surface area contributed by atoms with Gasteiger partial charge in [-0.3, -0.25) is 4.90 Å². The molecule has 3 rings (SSSR count). The van der Waals surface area contributed by atoms with Gasteiger partial charge in [-0.25, -0.2) is 4.98 Å². The Kier molecular flexibility index (Phi) is 4.18. The number of hydrogen-bond donors (Lipinski definition) is 1. The van der Waals surface area contributed by atoms with Crippen LogP contribution in [0, 0.1) is 5.92 Å². The minimum Gasteiger partial charge on any atom is -0.348 e. The molecular weight excluding hydrogens is 236 g/mol. The second-order valence-corrected chi connectivity index (χ2v) is 6.13. The van der Waals surface area contributed by atoms with Gasteiger partial charge in [0.15, 0.2) is 0 Å². The van der Waals surface area contributed by atoms with Crippen molar-refractivity contribution in [3.8, 4) is 0 Å². The Bertz CT molecular complexity index is 362. The van der Waals surface area contributed by atoms with Crippen LogP contribution < -0.4 is 0 Å². The highest BCUT2D eigenvalue weighted by molar-refractivity contribution is 4.89. The minimum atomic E-state index is 0.785. The Hall–Kier alpha value is -0.870. The number of nitrogens with one attached hydrogen (secondary N) is 1. The average Bonchev–Trinajstić information content (AvgIpc) is 3.12. The van der Waals surface area contributed by atoms with Crippen molar-refractivity contribution >= 4 is 0 Å². The van der Waals surface area contributed by atoms with Crippen molar-refractivity contribution in [2.24, 2.45) is 5.92 Å². The number of nitrogens with zero attached hydrogens (tertiary/aromatic N) is 3. The van der Waals surface area contributed by atoms with Crippen molar-refractivity contribution in [3.63, 3.8) is 0 Å². The number of likely N-dealkylation sites (tertiary alicyclic amines) is 2. The number of aromatic amines is 1. The maximum absolute atomic E-state index is 4.32. The van der Waals surface area contributed by atoms with Crippen LogP contribution in [0.2, 0.25) is 0 Å². The topological polar surface area (TPSA) is 35.2 Å². The number of aromatic nitrogens is 2. The van der Waals surface area contributed by atoms with Gasteiger partial charge in [0.25, 0.3) is 0 Å². The molecule has 106 valence electrons. The van der Waals surface area contributed by atoms with E-state index < -0.39 is 0 Å². The molecule has 0 bridgehead atoms. The fraction of sp³-hybridized carbons (Fsp3) is 0.800. The molecule has 1 aromatic rings. The number of rotatable bonds is 4. The maximum atomic E-state index is 4.32. The summed E-state index contributed by atoms with van der Waals surface area (Å²) in [6.07, 6.45) is 9.26. The van der Waals surface area contributed by atoms with Crippen molar-refractivity contribution in [1.29, 1.82) is 0 Å². The van der Waals surface area contributed by atoms with E-state index in [0.29, 0.717) is 0 Å². The third-order valence-electron chi connectivity index (χ3n) is 4.96. The molecule has 3 heterocycles. The molecule has 2 fully saturated rings. The normalized spacial score (nSPS) is 24.9. The third-order valence-corrected chi connectivity index (χ3v) is 4.96. The summed E-state index contributed by atoms with van der Waals surface area (Å²) in [6.45, 7) is 8.53. The lowest BCUT2D eigenvalue weighted by Crippen LogP contribution is -2.43. The highest BCUT2D eigenvalue weighted by Gasteiger charge is 2.28. The van der Waals surface area contributed by atoms with Crippen LogP contribution >= 0.6 is 0 Å². The van der Waals surface area contributed by atoms with Crippen molar-refractivity contribution in [1.82, 2.24) is 19.8 Å². The second kappa shape index (κ2) is 6.06. The van der Waals surface area contributed by atoms with Gasteiger partial charge in [0.2, 0.25) is 0 Å². The quantitative estimate of drug-likeness (QED) is 0.902. The van der Waals surface area contributed by atoms with Crippen LogP contribution in [-0.2, 0) is 6.54 Å². The van der Waals surface area contributed by atoms with Gasteiger partial charge in [0.05, 0.1) is 6.54 Å². The molecule has 1 atom stereocenters. The lowest BCUT2D eigenvalue weighted by atomic mass is 9.89. The van der Waals surface area contributed by atoms with Crippen LogP contribution in [0.3, 0.4) is 0 Å². The minimum absolute atomic E-state index is 0.785. The Morgan fingerprint density at radius 1 is 1.26 bits per heavy atom. The summed E-state index contributed by atoms with van der Waals surface area (Å²) >= 11 is 0. The summed E-state index contributed by atoms with van der Waals surface area (Å²) in [7, 11) is 0. The highest BCUT2D eigenvalue weighted by atomic mass is 15.2. The van der Waals surface area contributed by atoms with E-state index >= 15 is 0 Å². The molecule has 0 radical (unpaired) electrons. The molecule has 2 aliphatic rings. The molecule has 4 heteroatoms. The van der Waals surface area contributed by atoms with Gasteiger partial charge in [0.1, 0.15) is 5.82 Å². The first-order valence-corrected chi connectivity index (χ1v) is 7.77. The van der Waals surface area contributed by atoms with Crippen molar-refractivity contribution in [3.05, 3.63) is 18.2 Å². The van der Waals surface area contributed by atoms with Gasteiger partial charge < -0.3 is 9.88 Å². The number of piperidine rings is 1. The van der Waals surface area contributed by atoms with Gasteiger partial charge in [-0.05, 0) is 64.7 Å². The molecule has 1 aromatic heterocycles. The molecule has 2 aliphatic heterocycles. The molecule has 0 saturated carbocycles. The van der Waals surface area contributed by atoms with E-state index in [1.54, 1.807) is 0 Å². The highest BCUT2D eigenvalue weighted by Crippen LogP contribution is 2.26. The molecule has 0 aliphatic carbocycles. The molecule has 1 N–H and O–H groups in total. The van der Waals surface area contributed by atoms with E-state index in [0.717, 1.165) is 24.3 Å². The lowest BCUT2D eigenvalue weighted by Gasteiger charge is -2.38. The van der Waals surface area contributed by atoms with Gasteiger partial charge in [-0.15, -0.1) is 0 Å². The molecule has 4 nitrogen and oxygen atoms in total. The molecule has 2 saturated heterocycles. The smallest absolute Gasteiger partial charge is 0.120 e. The second-order valence-electron chi connectivity index (χ2n) is 6.13. The molecule has 0 aromatic carbocycles. The summed E-state index contributed by atoms with van der Waals surface area (Å²) in [4.78, 5) is 12.8. The molecule has 0 unspecified atom stereocenters. The SMILES string of the molecule is C[C@@H](C1CCN(Cc2ncc[nH]2)CC1)N1CCCC1. The Morgan fingerprint density at radius 3 is 2.63 bits per heavy atom. The summed E-state index contributed by atoms with van der Waals surface area (Å²) in [5.74, 6) is 2.00. The largest absolute Gasteiger partial charge is 0.348 e. The predicted octanol–water partition coefficient (Wildman–Crippen LogP) is 2.11. The number of H-pyrrole nitrogens is 1.